The number of aromatic nitrogens is 1. The monoisotopic (exact) mass is 299 g/mol. The Bertz CT molecular complexity index is 874. The number of rotatable bonds is 0. The molecule has 0 unspecified atom stereocenters. The second kappa shape index (κ2) is 5.51. The van der Waals surface area contributed by atoms with Crippen LogP contribution >= 0.6 is 11.6 Å². The molecule has 0 aliphatic heterocycles. The van der Waals surface area contributed by atoms with Crippen molar-refractivity contribution in [2.24, 2.45) is 0 Å². The van der Waals surface area contributed by atoms with Gasteiger partial charge in [-0.1, -0.05) is 47.7 Å². The van der Waals surface area contributed by atoms with Gasteiger partial charge >= 0.3 is 0 Å². The molecule has 102 valence electrons. The highest BCUT2D eigenvalue weighted by atomic mass is 35.5. The van der Waals surface area contributed by atoms with E-state index < -0.39 is 11.6 Å². The van der Waals surface area contributed by atoms with Crippen LogP contribution in [0.3, 0.4) is 0 Å². The average Bonchev–Trinajstić information content (AvgIpc) is 2.47. The molecule has 0 aliphatic carbocycles. The molecule has 4 heteroatoms. The van der Waals surface area contributed by atoms with E-state index in [0.29, 0.717) is 5.56 Å². The quantitative estimate of drug-likeness (QED) is 0.438. The van der Waals surface area contributed by atoms with E-state index in [-0.39, 0.29) is 10.7 Å². The summed E-state index contributed by atoms with van der Waals surface area (Å²) >= 11 is 6.05. The highest BCUT2D eigenvalue weighted by Crippen LogP contribution is 2.20. The molecule has 21 heavy (non-hydrogen) atoms. The van der Waals surface area contributed by atoms with E-state index in [1.54, 1.807) is 6.07 Å². The SMILES string of the molecule is Fc1cccc(F)c1C#Cc1cc2ccccc2nc1Cl. The Hall–Kier alpha value is -2.44. The van der Waals surface area contributed by atoms with Gasteiger partial charge in [-0.2, -0.15) is 0 Å². The van der Waals surface area contributed by atoms with Crippen molar-refractivity contribution in [1.29, 1.82) is 0 Å². The molecule has 0 bridgehead atoms. The van der Waals surface area contributed by atoms with Gasteiger partial charge in [-0.3, -0.25) is 0 Å². The smallest absolute Gasteiger partial charge is 0.145 e. The maximum absolute atomic E-state index is 13.5. The maximum Gasteiger partial charge on any atom is 0.145 e. The Morgan fingerprint density at radius 1 is 0.905 bits per heavy atom. The summed E-state index contributed by atoms with van der Waals surface area (Å²) in [6, 6.07) is 12.8. The number of halogens is 3. The van der Waals surface area contributed by atoms with Crippen LogP contribution in [0.25, 0.3) is 10.9 Å². The molecule has 1 heterocycles. The maximum atomic E-state index is 13.5. The Labute approximate surface area is 125 Å². The van der Waals surface area contributed by atoms with E-state index >= 15 is 0 Å². The minimum absolute atomic E-state index is 0.206. The van der Waals surface area contributed by atoms with Gasteiger partial charge in [0.1, 0.15) is 16.8 Å². The Morgan fingerprint density at radius 2 is 1.62 bits per heavy atom. The molecule has 0 fully saturated rings. The van der Waals surface area contributed by atoms with Crippen molar-refractivity contribution in [3.05, 3.63) is 76.4 Å². The lowest BCUT2D eigenvalue weighted by atomic mass is 10.1. The molecule has 0 saturated heterocycles. The van der Waals surface area contributed by atoms with E-state index in [4.69, 9.17) is 11.6 Å². The largest absolute Gasteiger partial charge is 0.235 e. The summed E-state index contributed by atoms with van der Waals surface area (Å²) in [4.78, 5) is 4.21. The number of hydrogen-bond acceptors (Lipinski definition) is 1. The summed E-state index contributed by atoms with van der Waals surface area (Å²) < 4.78 is 27.0. The van der Waals surface area contributed by atoms with Crippen molar-refractivity contribution < 1.29 is 8.78 Å². The summed E-state index contributed by atoms with van der Waals surface area (Å²) in [6.07, 6.45) is 0. The van der Waals surface area contributed by atoms with Crippen LogP contribution < -0.4 is 0 Å². The van der Waals surface area contributed by atoms with Gasteiger partial charge in [-0.25, -0.2) is 13.8 Å². The molecule has 0 N–H and O–H groups in total. The molecule has 1 aromatic heterocycles. The molecule has 0 saturated carbocycles. The van der Waals surface area contributed by atoms with E-state index in [1.165, 1.54) is 6.07 Å². The fourth-order valence-electron chi connectivity index (χ4n) is 1.93. The number of hydrogen-bond donors (Lipinski definition) is 0. The van der Waals surface area contributed by atoms with E-state index in [1.807, 2.05) is 24.3 Å². The predicted molar refractivity (Wildman–Crippen MR) is 79.1 cm³/mol. The van der Waals surface area contributed by atoms with Gasteiger partial charge in [0, 0.05) is 5.39 Å². The van der Waals surface area contributed by atoms with Crippen molar-refractivity contribution in [3.8, 4) is 11.8 Å². The third-order valence-corrected chi connectivity index (χ3v) is 3.25. The predicted octanol–water partition coefficient (Wildman–Crippen LogP) is 4.57. The van der Waals surface area contributed by atoms with Gasteiger partial charge in [0.25, 0.3) is 0 Å². The standard InChI is InChI=1S/C17H8ClF2N/c18-17-12(10-11-4-1-2-7-16(11)21-17)8-9-13-14(19)5-3-6-15(13)20/h1-7,10H. The minimum atomic E-state index is -0.702. The van der Waals surface area contributed by atoms with Gasteiger partial charge in [-0.05, 0) is 24.3 Å². The van der Waals surface area contributed by atoms with Crippen molar-refractivity contribution in [3.63, 3.8) is 0 Å². The van der Waals surface area contributed by atoms with E-state index in [9.17, 15) is 8.78 Å². The summed E-state index contributed by atoms with van der Waals surface area (Å²) in [7, 11) is 0. The normalized spacial score (nSPS) is 10.2. The third kappa shape index (κ3) is 2.72. The fourth-order valence-corrected chi connectivity index (χ4v) is 2.12. The second-order valence-corrected chi connectivity index (χ2v) is 4.72. The molecule has 1 nitrogen and oxygen atoms in total. The van der Waals surface area contributed by atoms with Crippen LogP contribution in [0.15, 0.2) is 48.5 Å². The van der Waals surface area contributed by atoms with Crippen LogP contribution in [0.1, 0.15) is 11.1 Å². The first-order chi connectivity index (χ1) is 10.1. The summed E-state index contributed by atoms with van der Waals surface area (Å²) in [6.45, 7) is 0. The van der Waals surface area contributed by atoms with Crippen LogP contribution in [0.4, 0.5) is 8.78 Å². The van der Waals surface area contributed by atoms with Gasteiger partial charge in [0.15, 0.2) is 0 Å². The zero-order chi connectivity index (χ0) is 14.8. The van der Waals surface area contributed by atoms with Crippen molar-refractivity contribution in [2.45, 2.75) is 0 Å². The molecule has 3 aromatic rings. The van der Waals surface area contributed by atoms with Gasteiger partial charge in [0.05, 0.1) is 16.6 Å². The summed E-state index contributed by atoms with van der Waals surface area (Å²) in [5.74, 6) is 3.75. The first-order valence-corrected chi connectivity index (χ1v) is 6.54. The van der Waals surface area contributed by atoms with E-state index in [0.717, 1.165) is 23.0 Å². The third-order valence-electron chi connectivity index (χ3n) is 2.96. The lowest BCUT2D eigenvalue weighted by Crippen LogP contribution is -1.90. The zero-order valence-electron chi connectivity index (χ0n) is 10.7. The number of benzene rings is 2. The number of pyridine rings is 1. The topological polar surface area (TPSA) is 12.9 Å². The average molecular weight is 300 g/mol. The molecule has 0 aliphatic rings. The highest BCUT2D eigenvalue weighted by Gasteiger charge is 2.06. The minimum Gasteiger partial charge on any atom is -0.235 e. The lowest BCUT2D eigenvalue weighted by molar-refractivity contribution is 0.577. The molecule has 0 radical (unpaired) electrons. The van der Waals surface area contributed by atoms with Crippen LogP contribution in [-0.2, 0) is 0 Å². The van der Waals surface area contributed by atoms with Crippen molar-refractivity contribution >= 4 is 22.5 Å². The molecular formula is C17H8ClF2N. The van der Waals surface area contributed by atoms with E-state index in [2.05, 4.69) is 16.8 Å². The van der Waals surface area contributed by atoms with Crippen molar-refractivity contribution in [1.82, 2.24) is 4.98 Å². The van der Waals surface area contributed by atoms with Gasteiger partial charge in [-0.15, -0.1) is 0 Å². The van der Waals surface area contributed by atoms with Crippen molar-refractivity contribution in [2.75, 3.05) is 0 Å². The molecule has 0 amide bonds. The highest BCUT2D eigenvalue weighted by molar-refractivity contribution is 6.31. The van der Waals surface area contributed by atoms with Crippen LogP contribution in [0, 0.1) is 23.5 Å². The van der Waals surface area contributed by atoms with Crippen LogP contribution in [0.2, 0.25) is 5.15 Å². The van der Waals surface area contributed by atoms with Gasteiger partial charge < -0.3 is 0 Å². The molecule has 3 rings (SSSR count). The number of para-hydroxylation sites is 1. The molecule has 2 aromatic carbocycles. The van der Waals surface area contributed by atoms with Crippen LogP contribution in [0.5, 0.6) is 0 Å². The first-order valence-electron chi connectivity index (χ1n) is 6.16. The Kier molecular flexibility index (Phi) is 3.55. The molecule has 0 spiro atoms. The molecule has 0 atom stereocenters. The second-order valence-electron chi connectivity index (χ2n) is 4.37. The fraction of sp³-hybridized carbons (Fsp3) is 0. The Balaban J connectivity index is 2.11. The zero-order valence-corrected chi connectivity index (χ0v) is 11.5. The van der Waals surface area contributed by atoms with Gasteiger partial charge in [0.2, 0.25) is 0 Å². The van der Waals surface area contributed by atoms with Crippen LogP contribution in [-0.4, -0.2) is 4.98 Å². The number of fused-ring (bicyclic) bond motifs is 1. The summed E-state index contributed by atoms with van der Waals surface area (Å²) in [5, 5.41) is 1.07. The first kappa shape index (κ1) is 13.5. The summed E-state index contributed by atoms with van der Waals surface area (Å²) in [5.41, 5.74) is 0.893. The molecular weight excluding hydrogens is 292 g/mol. The lowest BCUT2D eigenvalue weighted by Gasteiger charge is -2.00. The Morgan fingerprint density at radius 3 is 2.38 bits per heavy atom. The number of nitrogens with zero attached hydrogens (tertiary/aromatic N) is 1.